The van der Waals surface area contributed by atoms with Crippen molar-refractivity contribution in [2.45, 2.75) is 32.4 Å². The minimum atomic E-state index is -0.742. The third kappa shape index (κ3) is 5.19. The van der Waals surface area contributed by atoms with Crippen LogP contribution >= 0.6 is 15.9 Å². The van der Waals surface area contributed by atoms with Crippen LogP contribution in [-0.2, 0) is 11.3 Å². The van der Waals surface area contributed by atoms with Gasteiger partial charge in [0.25, 0.3) is 0 Å². The van der Waals surface area contributed by atoms with Gasteiger partial charge in [-0.05, 0) is 44.6 Å². The number of methoxy groups -OCH3 is 1. The van der Waals surface area contributed by atoms with Gasteiger partial charge in [0.2, 0.25) is 0 Å². The van der Waals surface area contributed by atoms with Gasteiger partial charge >= 0.3 is 5.97 Å². The van der Waals surface area contributed by atoms with E-state index in [2.05, 4.69) is 31.8 Å². The number of benzene rings is 1. The molecule has 5 nitrogen and oxygen atoms in total. The number of carboxylic acids is 1. The molecule has 0 bridgehead atoms. The van der Waals surface area contributed by atoms with Crippen molar-refractivity contribution in [3.63, 3.8) is 0 Å². The number of carbonyl (C=O) groups is 1. The Balaban J connectivity index is 1.91. The largest absolute Gasteiger partial charge is 0.496 e. The van der Waals surface area contributed by atoms with Gasteiger partial charge in [0, 0.05) is 22.6 Å². The quantitative estimate of drug-likeness (QED) is 0.783. The maximum atomic E-state index is 10.9. The van der Waals surface area contributed by atoms with E-state index >= 15 is 0 Å². The highest BCUT2D eigenvalue weighted by atomic mass is 79.9. The topological polar surface area (TPSA) is 53.0 Å². The molecule has 1 fully saturated rings. The van der Waals surface area contributed by atoms with Crippen LogP contribution in [0.15, 0.2) is 22.7 Å². The summed E-state index contributed by atoms with van der Waals surface area (Å²) in [6.07, 6.45) is 2.03. The van der Waals surface area contributed by atoms with Crippen LogP contribution in [0.4, 0.5) is 0 Å². The molecular weight excluding hydrogens is 360 g/mol. The van der Waals surface area contributed by atoms with Gasteiger partial charge in [0.05, 0.1) is 13.7 Å². The standard InChI is InChI=1S/C17H25BrN2O3/c1-3-20(12-17(21)22)15-6-8-19(9-7-15)11-13-4-5-14(18)10-16(13)23-2/h4-5,10,15H,3,6-9,11-12H2,1-2H3,(H,21,22). The van der Waals surface area contributed by atoms with E-state index in [4.69, 9.17) is 9.84 Å². The first-order valence-electron chi connectivity index (χ1n) is 8.04. The fraction of sp³-hybridized carbons (Fsp3) is 0.588. The number of nitrogens with zero attached hydrogens (tertiary/aromatic N) is 2. The fourth-order valence-electron chi connectivity index (χ4n) is 3.21. The summed E-state index contributed by atoms with van der Waals surface area (Å²) < 4.78 is 6.48. The summed E-state index contributed by atoms with van der Waals surface area (Å²) in [5.74, 6) is 0.163. The van der Waals surface area contributed by atoms with Gasteiger partial charge in [-0.15, -0.1) is 0 Å². The molecule has 23 heavy (non-hydrogen) atoms. The van der Waals surface area contributed by atoms with Crippen LogP contribution in [0.3, 0.4) is 0 Å². The van der Waals surface area contributed by atoms with E-state index in [1.165, 1.54) is 5.56 Å². The summed E-state index contributed by atoms with van der Waals surface area (Å²) in [4.78, 5) is 15.4. The Kier molecular flexibility index (Phi) is 6.87. The lowest BCUT2D eigenvalue weighted by atomic mass is 10.0. The first-order chi connectivity index (χ1) is 11.0. The number of aliphatic carboxylic acids is 1. The molecule has 1 aromatic carbocycles. The number of rotatable bonds is 7. The molecule has 1 saturated heterocycles. The van der Waals surface area contributed by atoms with E-state index in [9.17, 15) is 4.79 Å². The summed E-state index contributed by atoms with van der Waals surface area (Å²) >= 11 is 3.47. The Labute approximate surface area is 146 Å². The summed E-state index contributed by atoms with van der Waals surface area (Å²) in [6.45, 7) is 5.80. The predicted molar refractivity (Wildman–Crippen MR) is 93.9 cm³/mol. The number of hydrogen-bond acceptors (Lipinski definition) is 4. The highest BCUT2D eigenvalue weighted by Gasteiger charge is 2.25. The summed E-state index contributed by atoms with van der Waals surface area (Å²) in [5.41, 5.74) is 1.19. The lowest BCUT2D eigenvalue weighted by Crippen LogP contribution is -2.46. The normalized spacial score (nSPS) is 16.7. The molecule has 1 aliphatic heterocycles. The van der Waals surface area contributed by atoms with Crippen molar-refractivity contribution < 1.29 is 14.6 Å². The Morgan fingerprint density at radius 3 is 2.70 bits per heavy atom. The van der Waals surface area contributed by atoms with Gasteiger partial charge in [-0.3, -0.25) is 14.6 Å². The molecule has 6 heteroatoms. The minimum Gasteiger partial charge on any atom is -0.496 e. The molecule has 0 saturated carbocycles. The van der Waals surface area contributed by atoms with Crippen LogP contribution in [-0.4, -0.2) is 60.2 Å². The molecule has 0 aliphatic carbocycles. The zero-order chi connectivity index (χ0) is 16.8. The summed E-state index contributed by atoms with van der Waals surface area (Å²) in [7, 11) is 1.70. The van der Waals surface area contributed by atoms with Crippen LogP contribution in [0.5, 0.6) is 5.75 Å². The van der Waals surface area contributed by atoms with Crippen molar-refractivity contribution in [3.05, 3.63) is 28.2 Å². The number of hydrogen-bond donors (Lipinski definition) is 1. The zero-order valence-electron chi connectivity index (χ0n) is 13.8. The molecule has 1 aliphatic rings. The monoisotopic (exact) mass is 384 g/mol. The molecule has 0 radical (unpaired) electrons. The van der Waals surface area contributed by atoms with E-state index in [1.54, 1.807) is 7.11 Å². The zero-order valence-corrected chi connectivity index (χ0v) is 15.4. The van der Waals surface area contributed by atoms with E-state index in [0.717, 1.165) is 49.2 Å². The van der Waals surface area contributed by atoms with E-state index in [0.29, 0.717) is 6.04 Å². The molecular formula is C17H25BrN2O3. The molecule has 1 heterocycles. The lowest BCUT2D eigenvalue weighted by molar-refractivity contribution is -0.139. The summed E-state index contributed by atoms with van der Waals surface area (Å²) in [5, 5.41) is 9.00. The van der Waals surface area contributed by atoms with Gasteiger partial charge in [0.15, 0.2) is 0 Å². The minimum absolute atomic E-state index is 0.141. The van der Waals surface area contributed by atoms with E-state index in [-0.39, 0.29) is 6.54 Å². The Morgan fingerprint density at radius 1 is 1.43 bits per heavy atom. The number of ether oxygens (including phenoxy) is 1. The molecule has 0 amide bonds. The number of likely N-dealkylation sites (tertiary alicyclic amines) is 1. The molecule has 128 valence electrons. The van der Waals surface area contributed by atoms with Gasteiger partial charge in [0.1, 0.15) is 5.75 Å². The second-order valence-corrected chi connectivity index (χ2v) is 6.84. The van der Waals surface area contributed by atoms with Crippen molar-refractivity contribution in [2.75, 3.05) is 33.3 Å². The van der Waals surface area contributed by atoms with E-state index in [1.807, 2.05) is 19.1 Å². The number of likely N-dealkylation sites (N-methyl/N-ethyl adjacent to an activating group) is 1. The second kappa shape index (κ2) is 8.66. The van der Waals surface area contributed by atoms with Gasteiger partial charge in [-0.25, -0.2) is 0 Å². The number of halogens is 1. The van der Waals surface area contributed by atoms with Crippen molar-refractivity contribution in [2.24, 2.45) is 0 Å². The van der Waals surface area contributed by atoms with Crippen molar-refractivity contribution >= 4 is 21.9 Å². The fourth-order valence-corrected chi connectivity index (χ4v) is 3.55. The summed E-state index contributed by atoms with van der Waals surface area (Å²) in [6, 6.07) is 6.50. The Morgan fingerprint density at radius 2 is 2.13 bits per heavy atom. The predicted octanol–water partition coefficient (Wildman–Crippen LogP) is 2.83. The molecule has 0 unspecified atom stereocenters. The van der Waals surface area contributed by atoms with Crippen LogP contribution in [0.25, 0.3) is 0 Å². The van der Waals surface area contributed by atoms with Crippen LogP contribution in [0.1, 0.15) is 25.3 Å². The third-order valence-electron chi connectivity index (χ3n) is 4.46. The maximum absolute atomic E-state index is 10.9. The van der Waals surface area contributed by atoms with Crippen LogP contribution < -0.4 is 4.74 Å². The number of piperidine rings is 1. The van der Waals surface area contributed by atoms with Gasteiger partial charge in [-0.2, -0.15) is 0 Å². The van der Waals surface area contributed by atoms with Gasteiger partial charge in [-0.1, -0.05) is 28.9 Å². The number of carboxylic acid groups (broad SMARTS) is 1. The Hall–Kier alpha value is -1.11. The molecule has 0 spiro atoms. The van der Waals surface area contributed by atoms with E-state index < -0.39 is 5.97 Å². The average molecular weight is 385 g/mol. The first kappa shape index (κ1) is 18.2. The first-order valence-corrected chi connectivity index (χ1v) is 8.83. The van der Waals surface area contributed by atoms with Crippen LogP contribution in [0, 0.1) is 0 Å². The second-order valence-electron chi connectivity index (χ2n) is 5.92. The van der Waals surface area contributed by atoms with Crippen LogP contribution in [0.2, 0.25) is 0 Å². The molecule has 1 N–H and O–H groups in total. The molecule has 0 aromatic heterocycles. The molecule has 2 rings (SSSR count). The highest BCUT2D eigenvalue weighted by Crippen LogP contribution is 2.26. The average Bonchev–Trinajstić information content (AvgIpc) is 2.55. The molecule has 1 aromatic rings. The van der Waals surface area contributed by atoms with Crippen molar-refractivity contribution in [3.8, 4) is 5.75 Å². The molecule has 0 atom stereocenters. The lowest BCUT2D eigenvalue weighted by Gasteiger charge is -2.37. The van der Waals surface area contributed by atoms with Gasteiger partial charge < -0.3 is 9.84 Å². The van der Waals surface area contributed by atoms with Crippen molar-refractivity contribution in [1.82, 2.24) is 9.80 Å². The Bertz CT molecular complexity index is 531. The SMILES string of the molecule is CCN(CC(=O)O)C1CCN(Cc2ccc(Br)cc2OC)CC1. The highest BCUT2D eigenvalue weighted by molar-refractivity contribution is 9.10. The van der Waals surface area contributed by atoms with Crippen molar-refractivity contribution in [1.29, 1.82) is 0 Å². The third-order valence-corrected chi connectivity index (χ3v) is 4.95. The smallest absolute Gasteiger partial charge is 0.317 e. The maximum Gasteiger partial charge on any atom is 0.317 e.